The Morgan fingerprint density at radius 3 is 2.60 bits per heavy atom. The number of ether oxygens (including phenoxy) is 1. The van der Waals surface area contributed by atoms with Gasteiger partial charge in [0.1, 0.15) is 5.75 Å². The Bertz CT molecular complexity index is 295. The van der Waals surface area contributed by atoms with Crippen LogP contribution in [-0.2, 0) is 6.42 Å². The average Bonchev–Trinajstić information content (AvgIpc) is 2.23. The second-order valence-corrected chi connectivity index (χ2v) is 5.16. The smallest absolute Gasteiger partial charge is 0.118 e. The van der Waals surface area contributed by atoms with E-state index in [1.165, 1.54) is 24.4 Å². The van der Waals surface area contributed by atoms with E-state index in [-0.39, 0.29) is 0 Å². The Hall–Kier alpha value is -0.670. The summed E-state index contributed by atoms with van der Waals surface area (Å²) in [7, 11) is 1.70. The van der Waals surface area contributed by atoms with Crippen LogP contribution in [0.2, 0.25) is 0 Å². The van der Waals surface area contributed by atoms with Crippen molar-refractivity contribution in [2.24, 2.45) is 0 Å². The van der Waals surface area contributed by atoms with Gasteiger partial charge in [-0.1, -0.05) is 12.1 Å². The van der Waals surface area contributed by atoms with Crippen LogP contribution in [0.4, 0.5) is 0 Å². The second kappa shape index (κ2) is 5.42. The highest BCUT2D eigenvalue weighted by atomic mass is 32.2. The van der Waals surface area contributed by atoms with Crippen molar-refractivity contribution in [1.29, 1.82) is 0 Å². The zero-order valence-corrected chi connectivity index (χ0v) is 9.85. The summed E-state index contributed by atoms with van der Waals surface area (Å²) in [5, 5.41) is 4.14. The second-order valence-electron chi connectivity index (χ2n) is 3.75. The van der Waals surface area contributed by atoms with E-state index in [4.69, 9.17) is 4.74 Å². The van der Waals surface area contributed by atoms with E-state index in [0.29, 0.717) is 0 Å². The van der Waals surface area contributed by atoms with Gasteiger partial charge < -0.3 is 10.1 Å². The van der Waals surface area contributed by atoms with E-state index in [9.17, 15) is 0 Å². The number of benzene rings is 1. The zero-order valence-electron chi connectivity index (χ0n) is 9.03. The van der Waals surface area contributed by atoms with Gasteiger partial charge in [-0.3, -0.25) is 0 Å². The first-order chi connectivity index (χ1) is 7.38. The Morgan fingerprint density at radius 2 is 2.07 bits per heavy atom. The predicted molar refractivity (Wildman–Crippen MR) is 65.8 cm³/mol. The third kappa shape index (κ3) is 3.14. The monoisotopic (exact) mass is 223 g/mol. The molecular formula is C12H17NOS. The lowest BCUT2D eigenvalue weighted by Gasteiger charge is -2.26. The Morgan fingerprint density at radius 1 is 1.33 bits per heavy atom. The van der Waals surface area contributed by atoms with E-state index in [2.05, 4.69) is 29.2 Å². The third-order valence-corrected chi connectivity index (χ3v) is 3.89. The van der Waals surface area contributed by atoms with E-state index < -0.39 is 0 Å². The van der Waals surface area contributed by atoms with Crippen LogP contribution in [0.15, 0.2) is 24.3 Å². The molecular weight excluding hydrogens is 206 g/mol. The molecule has 0 bridgehead atoms. The van der Waals surface area contributed by atoms with Crippen molar-refractivity contribution >= 4 is 11.8 Å². The number of methoxy groups -OCH3 is 1. The lowest BCUT2D eigenvalue weighted by molar-refractivity contribution is 0.414. The summed E-state index contributed by atoms with van der Waals surface area (Å²) >= 11 is 2.07. The van der Waals surface area contributed by atoms with Crippen LogP contribution in [0.3, 0.4) is 0 Å². The molecule has 1 aliphatic rings. The molecule has 1 saturated heterocycles. The lowest BCUT2D eigenvalue weighted by Crippen LogP contribution is -2.44. The van der Waals surface area contributed by atoms with Crippen molar-refractivity contribution in [3.05, 3.63) is 29.8 Å². The zero-order chi connectivity index (χ0) is 10.5. The molecule has 1 aromatic carbocycles. The minimum atomic E-state index is 0.850. The van der Waals surface area contributed by atoms with Gasteiger partial charge in [-0.05, 0) is 29.9 Å². The summed E-state index contributed by atoms with van der Waals surface area (Å²) in [6, 6.07) is 8.37. The number of hydrogen-bond donors (Lipinski definition) is 1. The average molecular weight is 223 g/mol. The quantitative estimate of drug-likeness (QED) is 0.824. The van der Waals surface area contributed by atoms with E-state index >= 15 is 0 Å². The fourth-order valence-electron chi connectivity index (χ4n) is 1.52. The molecule has 0 aliphatic carbocycles. The van der Waals surface area contributed by atoms with Crippen molar-refractivity contribution in [2.45, 2.75) is 11.7 Å². The van der Waals surface area contributed by atoms with Gasteiger partial charge in [0, 0.05) is 18.3 Å². The molecule has 15 heavy (non-hydrogen) atoms. The van der Waals surface area contributed by atoms with Crippen molar-refractivity contribution < 1.29 is 4.74 Å². The first kappa shape index (κ1) is 10.8. The molecule has 82 valence electrons. The largest absolute Gasteiger partial charge is 0.497 e. The van der Waals surface area contributed by atoms with Gasteiger partial charge in [0.05, 0.1) is 7.11 Å². The van der Waals surface area contributed by atoms with Crippen LogP contribution in [-0.4, -0.2) is 31.2 Å². The topological polar surface area (TPSA) is 21.3 Å². The molecule has 0 spiro atoms. The van der Waals surface area contributed by atoms with Crippen LogP contribution >= 0.6 is 11.8 Å². The third-order valence-electron chi connectivity index (χ3n) is 2.65. The summed E-state index contributed by atoms with van der Waals surface area (Å²) < 4.78 is 5.12. The summed E-state index contributed by atoms with van der Waals surface area (Å²) in [5.41, 5.74) is 1.40. The molecule has 0 aromatic heterocycles. The maximum atomic E-state index is 5.12. The number of rotatable bonds is 5. The Balaban J connectivity index is 1.72. The molecule has 0 radical (unpaired) electrons. The van der Waals surface area contributed by atoms with E-state index in [0.717, 1.165) is 17.4 Å². The molecule has 1 fully saturated rings. The van der Waals surface area contributed by atoms with Gasteiger partial charge in [-0.15, -0.1) is 0 Å². The molecule has 3 heteroatoms. The van der Waals surface area contributed by atoms with Gasteiger partial charge in [0.25, 0.3) is 0 Å². The SMILES string of the molecule is COc1ccc(CCSC2CNC2)cc1. The standard InChI is InChI=1S/C12H17NOS/c1-14-11-4-2-10(3-5-11)6-7-15-12-8-13-9-12/h2-5,12-13H,6-9H2,1H3. The fraction of sp³-hybridized carbons (Fsp3) is 0.500. The van der Waals surface area contributed by atoms with Gasteiger partial charge in [0.15, 0.2) is 0 Å². The van der Waals surface area contributed by atoms with Crippen LogP contribution in [0, 0.1) is 0 Å². The number of nitrogens with one attached hydrogen (secondary N) is 1. The lowest BCUT2D eigenvalue weighted by atomic mass is 10.2. The summed E-state index contributed by atoms with van der Waals surface area (Å²) in [5.74, 6) is 2.16. The van der Waals surface area contributed by atoms with Crippen molar-refractivity contribution in [1.82, 2.24) is 5.32 Å². The van der Waals surface area contributed by atoms with E-state index in [1.807, 2.05) is 12.1 Å². The van der Waals surface area contributed by atoms with E-state index in [1.54, 1.807) is 7.11 Å². The minimum absolute atomic E-state index is 0.850. The van der Waals surface area contributed by atoms with Crippen LogP contribution in [0.25, 0.3) is 0 Å². The number of hydrogen-bond acceptors (Lipinski definition) is 3. The molecule has 0 saturated carbocycles. The van der Waals surface area contributed by atoms with Crippen molar-refractivity contribution in [2.75, 3.05) is 26.0 Å². The first-order valence-electron chi connectivity index (χ1n) is 5.34. The molecule has 0 amide bonds. The van der Waals surface area contributed by atoms with Gasteiger partial charge in [-0.2, -0.15) is 11.8 Å². The number of thioether (sulfide) groups is 1. The maximum absolute atomic E-state index is 5.12. The molecule has 2 nitrogen and oxygen atoms in total. The number of aryl methyl sites for hydroxylation is 1. The Labute approximate surface area is 95.4 Å². The molecule has 1 aromatic rings. The highest BCUT2D eigenvalue weighted by molar-refractivity contribution is 8.00. The minimum Gasteiger partial charge on any atom is -0.497 e. The van der Waals surface area contributed by atoms with Crippen LogP contribution < -0.4 is 10.1 Å². The van der Waals surface area contributed by atoms with Gasteiger partial charge >= 0.3 is 0 Å². The molecule has 1 aliphatic heterocycles. The highest BCUT2D eigenvalue weighted by Crippen LogP contribution is 2.17. The van der Waals surface area contributed by atoms with Gasteiger partial charge in [0.2, 0.25) is 0 Å². The molecule has 0 unspecified atom stereocenters. The molecule has 1 N–H and O–H groups in total. The molecule has 2 rings (SSSR count). The first-order valence-corrected chi connectivity index (χ1v) is 6.38. The van der Waals surface area contributed by atoms with Crippen molar-refractivity contribution in [3.63, 3.8) is 0 Å². The predicted octanol–water partition coefficient (Wildman–Crippen LogP) is 1.94. The van der Waals surface area contributed by atoms with Crippen molar-refractivity contribution in [3.8, 4) is 5.75 Å². The van der Waals surface area contributed by atoms with Crippen LogP contribution in [0.1, 0.15) is 5.56 Å². The maximum Gasteiger partial charge on any atom is 0.118 e. The Kier molecular flexibility index (Phi) is 3.92. The molecule has 1 heterocycles. The summed E-state index contributed by atoms with van der Waals surface area (Å²) in [4.78, 5) is 0. The fourth-order valence-corrected chi connectivity index (χ4v) is 2.67. The molecule has 0 atom stereocenters. The highest BCUT2D eigenvalue weighted by Gasteiger charge is 2.15. The normalized spacial score (nSPS) is 16.1. The van der Waals surface area contributed by atoms with Gasteiger partial charge in [-0.25, -0.2) is 0 Å². The summed E-state index contributed by atoms with van der Waals surface area (Å²) in [6.07, 6.45) is 1.16. The van der Waals surface area contributed by atoms with Crippen LogP contribution in [0.5, 0.6) is 5.75 Å². The summed E-state index contributed by atoms with van der Waals surface area (Å²) in [6.45, 7) is 2.38.